The van der Waals surface area contributed by atoms with Crippen LogP contribution in [0.15, 0.2) is 189 Å². The summed E-state index contributed by atoms with van der Waals surface area (Å²) >= 11 is 0. The van der Waals surface area contributed by atoms with E-state index in [-0.39, 0.29) is 11.3 Å². The Hall–Kier alpha value is -5.98. The van der Waals surface area contributed by atoms with Gasteiger partial charge in [-0.25, -0.2) is 0 Å². The van der Waals surface area contributed by atoms with Gasteiger partial charge in [0.25, 0.3) is 0 Å². The first-order valence-corrected chi connectivity index (χ1v) is 22.0. The molecule has 0 N–H and O–H groups in total. The summed E-state index contributed by atoms with van der Waals surface area (Å²) in [6, 6.07) is 41.1. The van der Waals surface area contributed by atoms with E-state index in [0.717, 1.165) is 17.6 Å². The summed E-state index contributed by atoms with van der Waals surface area (Å²) in [5, 5.41) is 0. The summed E-state index contributed by atoms with van der Waals surface area (Å²) in [4.78, 5) is 0. The Morgan fingerprint density at radius 3 is 1.93 bits per heavy atom. The van der Waals surface area contributed by atoms with Gasteiger partial charge in [-0.1, -0.05) is 235 Å². The van der Waals surface area contributed by atoms with E-state index in [4.69, 9.17) is 0 Å². The van der Waals surface area contributed by atoms with E-state index in [9.17, 15) is 0 Å². The van der Waals surface area contributed by atoms with Crippen LogP contribution in [0.3, 0.4) is 0 Å². The number of aryl methyl sites for hydroxylation is 4. The molecular formula is C61H70. The molecule has 2 aliphatic rings. The number of rotatable bonds is 5. The van der Waals surface area contributed by atoms with Crippen molar-refractivity contribution in [3.63, 3.8) is 0 Å². The lowest BCUT2D eigenvalue weighted by Crippen LogP contribution is -2.28. The van der Waals surface area contributed by atoms with Crippen LogP contribution in [0.2, 0.25) is 0 Å². The normalized spacial score (nSPS) is 18.8. The lowest BCUT2D eigenvalue weighted by Gasteiger charge is -2.37. The molecule has 0 saturated carbocycles. The van der Waals surface area contributed by atoms with Gasteiger partial charge in [0.05, 0.1) is 0 Å². The maximum Gasteiger partial charge on any atom is 0.0119 e. The van der Waals surface area contributed by atoms with Crippen LogP contribution in [0.1, 0.15) is 116 Å². The molecule has 2 atom stereocenters. The zero-order chi connectivity index (χ0) is 44.7. The molecule has 2 aliphatic carbocycles. The van der Waals surface area contributed by atoms with Crippen LogP contribution in [0.4, 0.5) is 0 Å². The molecule has 0 amide bonds. The largest absolute Gasteiger partial charge is 0.0991 e. The number of fused-ring (bicyclic) bond motifs is 2. The fourth-order valence-electron chi connectivity index (χ4n) is 8.22. The van der Waals surface area contributed by atoms with E-state index in [2.05, 4.69) is 222 Å². The molecule has 0 saturated heterocycles. The predicted octanol–water partition coefficient (Wildman–Crippen LogP) is 17.3. The highest BCUT2D eigenvalue weighted by molar-refractivity contribution is 5.92. The van der Waals surface area contributed by atoms with Gasteiger partial charge in [-0.15, -0.1) is 0 Å². The first-order chi connectivity index (χ1) is 29.2. The Morgan fingerprint density at radius 2 is 1.28 bits per heavy atom. The minimum Gasteiger partial charge on any atom is -0.0991 e. The number of hydrogen-bond acceptors (Lipinski definition) is 0. The van der Waals surface area contributed by atoms with E-state index in [1.807, 2.05) is 38.1 Å². The molecule has 0 aromatic heterocycles. The van der Waals surface area contributed by atoms with Gasteiger partial charge in [0, 0.05) is 11.3 Å². The van der Waals surface area contributed by atoms with Crippen LogP contribution in [-0.2, 0) is 11.8 Å². The molecular weight excluding hydrogens is 733 g/mol. The second kappa shape index (κ2) is 22.6. The number of allylic oxidation sites excluding steroid dienone is 13. The predicted molar refractivity (Wildman–Crippen MR) is 273 cm³/mol. The molecule has 0 spiro atoms. The highest BCUT2D eigenvalue weighted by Crippen LogP contribution is 2.45. The minimum absolute atomic E-state index is 0.108. The van der Waals surface area contributed by atoms with Gasteiger partial charge < -0.3 is 0 Å². The Bertz CT molecular complexity index is 2450. The lowest BCUT2D eigenvalue weighted by atomic mass is 9.66. The SMILES string of the molecule is C=C/C=C(\C)c1ccc(C)cc1C(C)(C)C1/C=C\C=C/C(=C)c2cc(C)ccc21.C=C1/C(C)=C(c2ccccc2C)\C=C/C(C)Cc2ccccc21.CC.Cc1ccccc1. The second-order valence-electron chi connectivity index (χ2n) is 16.9. The molecule has 0 bridgehead atoms. The van der Waals surface area contributed by atoms with E-state index < -0.39 is 0 Å². The lowest BCUT2D eigenvalue weighted by molar-refractivity contribution is 0.467. The molecule has 5 aromatic rings. The van der Waals surface area contributed by atoms with E-state index in [1.165, 1.54) is 77.9 Å². The third-order valence-electron chi connectivity index (χ3n) is 11.7. The molecule has 2 unspecified atom stereocenters. The van der Waals surface area contributed by atoms with Crippen LogP contribution in [-0.4, -0.2) is 0 Å². The van der Waals surface area contributed by atoms with Crippen LogP contribution in [0.25, 0.3) is 22.3 Å². The second-order valence-corrected chi connectivity index (χ2v) is 16.9. The summed E-state index contributed by atoms with van der Waals surface area (Å²) in [5.41, 5.74) is 20.3. The van der Waals surface area contributed by atoms with Crippen molar-refractivity contribution in [3.8, 4) is 0 Å². The Labute approximate surface area is 370 Å². The summed E-state index contributed by atoms with van der Waals surface area (Å²) in [6.45, 7) is 36.6. The average molecular weight is 803 g/mol. The van der Waals surface area contributed by atoms with Gasteiger partial charge in [0.1, 0.15) is 0 Å². The molecule has 0 heterocycles. The molecule has 0 radical (unpaired) electrons. The van der Waals surface area contributed by atoms with Crippen molar-refractivity contribution >= 4 is 22.3 Å². The minimum atomic E-state index is -0.108. The van der Waals surface area contributed by atoms with Gasteiger partial charge in [0.2, 0.25) is 0 Å². The molecule has 0 nitrogen and oxygen atoms in total. The van der Waals surface area contributed by atoms with E-state index in [0.29, 0.717) is 5.92 Å². The summed E-state index contributed by atoms with van der Waals surface area (Å²) in [5.74, 6) is 0.741. The van der Waals surface area contributed by atoms with Gasteiger partial charge in [-0.3, -0.25) is 0 Å². The van der Waals surface area contributed by atoms with Crippen molar-refractivity contribution in [2.24, 2.45) is 5.92 Å². The van der Waals surface area contributed by atoms with Crippen molar-refractivity contribution < 1.29 is 0 Å². The van der Waals surface area contributed by atoms with Crippen LogP contribution < -0.4 is 0 Å². The van der Waals surface area contributed by atoms with E-state index in [1.54, 1.807) is 0 Å². The average Bonchev–Trinajstić information content (AvgIpc) is 3.29. The van der Waals surface area contributed by atoms with Gasteiger partial charge in [0.15, 0.2) is 0 Å². The Kier molecular flexibility index (Phi) is 17.6. The van der Waals surface area contributed by atoms with Crippen LogP contribution >= 0.6 is 0 Å². The van der Waals surface area contributed by atoms with Crippen molar-refractivity contribution in [3.05, 3.63) is 250 Å². The highest BCUT2D eigenvalue weighted by Gasteiger charge is 2.34. The molecule has 0 heteroatoms. The van der Waals surface area contributed by atoms with Crippen molar-refractivity contribution in [2.75, 3.05) is 0 Å². The number of benzene rings is 5. The standard InChI is InChI=1S/C29H32.C23H24.C7H8.C2H6/c1-8-11-22(4)24-16-14-21(3)19-28(24)29(6,7)27-13-10-9-12-23(5)26-18-20(2)15-17-25(26)27;1-16-13-14-23(21-11-7-5-9-17(21)2)19(4)18(3)22-12-8-6-10-20(22)15-16;1-7-5-3-2-4-6-7;1-2/h8-19,27H,1,5H2,2-4,6-7H3;5-14,16H,3,15H2,1-2,4H3;2-6H,1H3;1-2H3/b12-9-,13-10-,22-11+;14-13-,23-19+;;. The quantitative estimate of drug-likeness (QED) is 0.155. The summed E-state index contributed by atoms with van der Waals surface area (Å²) < 4.78 is 0. The van der Waals surface area contributed by atoms with Gasteiger partial charge in [-0.2, -0.15) is 0 Å². The Morgan fingerprint density at radius 1 is 0.656 bits per heavy atom. The van der Waals surface area contributed by atoms with Crippen molar-refractivity contribution in [1.82, 2.24) is 0 Å². The first-order valence-electron chi connectivity index (χ1n) is 22.0. The van der Waals surface area contributed by atoms with Gasteiger partial charge in [-0.05, 0) is 126 Å². The fourth-order valence-corrected chi connectivity index (χ4v) is 8.22. The van der Waals surface area contributed by atoms with Crippen LogP contribution in [0, 0.1) is 33.6 Å². The smallest absolute Gasteiger partial charge is 0.0119 e. The third kappa shape index (κ3) is 12.3. The summed E-state index contributed by atoms with van der Waals surface area (Å²) in [6.07, 6.45) is 18.4. The highest BCUT2D eigenvalue weighted by atomic mass is 14.4. The van der Waals surface area contributed by atoms with Gasteiger partial charge >= 0.3 is 0 Å². The maximum absolute atomic E-state index is 4.42. The van der Waals surface area contributed by atoms with Crippen LogP contribution in [0.5, 0.6) is 0 Å². The van der Waals surface area contributed by atoms with E-state index >= 15 is 0 Å². The fraction of sp³-hybridized carbons (Fsp3) is 0.246. The Balaban J connectivity index is 0.000000227. The molecule has 7 rings (SSSR count). The topological polar surface area (TPSA) is 0 Å². The molecule has 0 fully saturated rings. The maximum atomic E-state index is 4.42. The third-order valence-corrected chi connectivity index (χ3v) is 11.7. The van der Waals surface area contributed by atoms with Crippen molar-refractivity contribution in [2.45, 2.75) is 93.9 Å². The zero-order valence-electron chi connectivity index (χ0n) is 39.1. The first kappa shape index (κ1) is 47.7. The molecule has 61 heavy (non-hydrogen) atoms. The number of hydrogen-bond donors (Lipinski definition) is 0. The van der Waals surface area contributed by atoms with Crippen molar-refractivity contribution in [1.29, 1.82) is 0 Å². The monoisotopic (exact) mass is 803 g/mol. The molecule has 0 aliphatic heterocycles. The molecule has 314 valence electrons. The molecule has 5 aromatic carbocycles. The summed E-state index contributed by atoms with van der Waals surface area (Å²) in [7, 11) is 0. The zero-order valence-corrected chi connectivity index (χ0v) is 39.1.